The van der Waals surface area contributed by atoms with Crippen LogP contribution in [-0.4, -0.2) is 53.4 Å². The minimum atomic E-state index is -0.0585. The van der Waals surface area contributed by atoms with Crippen LogP contribution in [0.4, 0.5) is 17.6 Å². The molecule has 0 amide bonds. The van der Waals surface area contributed by atoms with Crippen molar-refractivity contribution in [2.24, 2.45) is 0 Å². The fourth-order valence-corrected chi connectivity index (χ4v) is 2.44. The largest absolute Gasteiger partial charge is 0.504 e. The van der Waals surface area contributed by atoms with Gasteiger partial charge < -0.3 is 25.8 Å². The first-order valence-corrected chi connectivity index (χ1v) is 7.52. The third-order valence-corrected chi connectivity index (χ3v) is 3.68. The van der Waals surface area contributed by atoms with Crippen LogP contribution in [0.2, 0.25) is 0 Å². The van der Waals surface area contributed by atoms with E-state index in [4.69, 9.17) is 10.5 Å². The number of ether oxygens (including phenoxy) is 1. The van der Waals surface area contributed by atoms with E-state index in [0.717, 1.165) is 31.9 Å². The van der Waals surface area contributed by atoms with Crippen LogP contribution in [0.15, 0.2) is 18.3 Å². The van der Waals surface area contributed by atoms with E-state index < -0.39 is 0 Å². The quantitative estimate of drug-likeness (QED) is 0.772. The molecular formula is C15H20N6O2. The monoisotopic (exact) mass is 316 g/mol. The average Bonchev–Trinajstić information content (AvgIpc) is 2.86. The van der Waals surface area contributed by atoms with Crippen LogP contribution in [0.25, 0.3) is 11.3 Å². The SMILES string of the molecule is CNc1nc(-c2cnc(N)c(O)c2)cc(N2CCCOCC2)n1. The third-order valence-electron chi connectivity index (χ3n) is 3.68. The molecule has 4 N–H and O–H groups in total. The lowest BCUT2D eigenvalue weighted by Gasteiger charge is -2.21. The topological polar surface area (TPSA) is 109 Å². The maximum Gasteiger partial charge on any atom is 0.224 e. The molecular weight excluding hydrogens is 296 g/mol. The van der Waals surface area contributed by atoms with E-state index in [2.05, 4.69) is 25.2 Å². The predicted octanol–water partition coefficient (Wildman–Crippen LogP) is 1.09. The standard InChI is InChI=1S/C15H20N6O2/c1-17-15-19-11(10-7-12(22)14(16)18-9-10)8-13(20-15)21-3-2-5-23-6-4-21/h7-9,22H,2-6H2,1H3,(H2,16,18)(H,17,19,20). The Balaban J connectivity index is 1.99. The molecule has 1 aliphatic heterocycles. The Morgan fingerprint density at radius 1 is 1.26 bits per heavy atom. The molecule has 3 rings (SSSR count). The van der Waals surface area contributed by atoms with E-state index in [1.807, 2.05) is 6.07 Å². The van der Waals surface area contributed by atoms with Gasteiger partial charge in [-0.15, -0.1) is 0 Å². The second kappa shape index (κ2) is 6.66. The zero-order valence-electron chi connectivity index (χ0n) is 13.0. The Kier molecular flexibility index (Phi) is 4.42. The van der Waals surface area contributed by atoms with Gasteiger partial charge in [0.15, 0.2) is 11.6 Å². The first kappa shape index (κ1) is 15.3. The molecule has 3 heterocycles. The van der Waals surface area contributed by atoms with Gasteiger partial charge in [0.1, 0.15) is 5.82 Å². The molecule has 0 aromatic carbocycles. The second-order valence-corrected chi connectivity index (χ2v) is 5.27. The number of rotatable bonds is 3. The number of anilines is 3. The molecule has 2 aromatic rings. The van der Waals surface area contributed by atoms with Crippen LogP contribution in [0, 0.1) is 0 Å². The minimum Gasteiger partial charge on any atom is -0.504 e. The average molecular weight is 316 g/mol. The number of nitrogens with zero attached hydrogens (tertiary/aromatic N) is 4. The number of nitrogen functional groups attached to an aromatic ring is 1. The fourth-order valence-electron chi connectivity index (χ4n) is 2.44. The Labute approximate surface area is 134 Å². The van der Waals surface area contributed by atoms with Gasteiger partial charge in [-0.05, 0) is 12.5 Å². The lowest BCUT2D eigenvalue weighted by atomic mass is 10.2. The molecule has 8 heteroatoms. The van der Waals surface area contributed by atoms with Gasteiger partial charge in [-0.2, -0.15) is 4.98 Å². The van der Waals surface area contributed by atoms with Gasteiger partial charge in [-0.25, -0.2) is 9.97 Å². The normalized spacial score (nSPS) is 15.3. The van der Waals surface area contributed by atoms with Crippen molar-refractivity contribution >= 4 is 17.6 Å². The summed E-state index contributed by atoms with van der Waals surface area (Å²) in [5.41, 5.74) is 6.92. The second-order valence-electron chi connectivity index (χ2n) is 5.27. The van der Waals surface area contributed by atoms with Crippen molar-refractivity contribution in [3.8, 4) is 17.0 Å². The molecule has 0 unspecified atom stereocenters. The van der Waals surface area contributed by atoms with E-state index in [-0.39, 0.29) is 11.6 Å². The molecule has 0 spiro atoms. The Morgan fingerprint density at radius 2 is 2.13 bits per heavy atom. The summed E-state index contributed by atoms with van der Waals surface area (Å²) >= 11 is 0. The first-order chi connectivity index (χ1) is 11.2. The van der Waals surface area contributed by atoms with Gasteiger partial charge in [0.05, 0.1) is 12.3 Å². The van der Waals surface area contributed by atoms with Crippen LogP contribution in [-0.2, 0) is 4.74 Å². The van der Waals surface area contributed by atoms with E-state index >= 15 is 0 Å². The maximum atomic E-state index is 9.77. The van der Waals surface area contributed by atoms with Crippen molar-refractivity contribution < 1.29 is 9.84 Å². The van der Waals surface area contributed by atoms with Gasteiger partial charge in [0.2, 0.25) is 5.95 Å². The van der Waals surface area contributed by atoms with Crippen molar-refractivity contribution in [1.82, 2.24) is 15.0 Å². The van der Waals surface area contributed by atoms with Gasteiger partial charge in [0.25, 0.3) is 0 Å². The summed E-state index contributed by atoms with van der Waals surface area (Å²) in [6.07, 6.45) is 2.55. The van der Waals surface area contributed by atoms with E-state index in [1.165, 1.54) is 0 Å². The zero-order chi connectivity index (χ0) is 16.2. The Morgan fingerprint density at radius 3 is 2.91 bits per heavy atom. The smallest absolute Gasteiger partial charge is 0.224 e. The third kappa shape index (κ3) is 3.42. The summed E-state index contributed by atoms with van der Waals surface area (Å²) < 4.78 is 5.49. The van der Waals surface area contributed by atoms with E-state index in [1.54, 1.807) is 19.3 Å². The van der Waals surface area contributed by atoms with Crippen molar-refractivity contribution in [3.05, 3.63) is 18.3 Å². The van der Waals surface area contributed by atoms with Crippen molar-refractivity contribution in [2.45, 2.75) is 6.42 Å². The number of hydrogen-bond acceptors (Lipinski definition) is 8. The fraction of sp³-hybridized carbons (Fsp3) is 0.400. The van der Waals surface area contributed by atoms with E-state index in [0.29, 0.717) is 23.8 Å². The molecule has 0 atom stereocenters. The molecule has 0 aliphatic carbocycles. The molecule has 1 saturated heterocycles. The van der Waals surface area contributed by atoms with Crippen LogP contribution in [0.5, 0.6) is 5.75 Å². The molecule has 0 bridgehead atoms. The number of aromatic nitrogens is 3. The highest BCUT2D eigenvalue weighted by Gasteiger charge is 2.15. The van der Waals surface area contributed by atoms with Crippen molar-refractivity contribution in [2.75, 3.05) is 49.3 Å². The predicted molar refractivity (Wildman–Crippen MR) is 88.5 cm³/mol. The first-order valence-electron chi connectivity index (χ1n) is 7.52. The molecule has 122 valence electrons. The highest BCUT2D eigenvalue weighted by atomic mass is 16.5. The summed E-state index contributed by atoms with van der Waals surface area (Å²) in [6, 6.07) is 3.44. The summed E-state index contributed by atoms with van der Waals surface area (Å²) in [5.74, 6) is 1.37. The van der Waals surface area contributed by atoms with Gasteiger partial charge in [0, 0.05) is 44.6 Å². The maximum absolute atomic E-state index is 9.77. The summed E-state index contributed by atoms with van der Waals surface area (Å²) in [5, 5.41) is 12.7. The molecule has 23 heavy (non-hydrogen) atoms. The van der Waals surface area contributed by atoms with Crippen LogP contribution < -0.4 is 16.0 Å². The highest BCUT2D eigenvalue weighted by molar-refractivity contribution is 5.67. The lowest BCUT2D eigenvalue weighted by Crippen LogP contribution is -2.27. The highest BCUT2D eigenvalue weighted by Crippen LogP contribution is 2.27. The summed E-state index contributed by atoms with van der Waals surface area (Å²) in [4.78, 5) is 15.1. The number of nitrogens with one attached hydrogen (secondary N) is 1. The van der Waals surface area contributed by atoms with Crippen molar-refractivity contribution in [3.63, 3.8) is 0 Å². The molecule has 2 aromatic heterocycles. The number of hydrogen-bond donors (Lipinski definition) is 3. The van der Waals surface area contributed by atoms with Crippen LogP contribution in [0.3, 0.4) is 0 Å². The Bertz CT molecular complexity index is 686. The van der Waals surface area contributed by atoms with Gasteiger partial charge >= 0.3 is 0 Å². The number of aromatic hydroxyl groups is 1. The van der Waals surface area contributed by atoms with Gasteiger partial charge in [-0.3, -0.25) is 0 Å². The number of nitrogens with two attached hydrogens (primary N) is 1. The molecule has 1 aliphatic rings. The lowest BCUT2D eigenvalue weighted by molar-refractivity contribution is 0.152. The minimum absolute atomic E-state index is 0.0585. The number of pyridine rings is 1. The zero-order valence-corrected chi connectivity index (χ0v) is 13.0. The Hall–Kier alpha value is -2.61. The molecule has 8 nitrogen and oxygen atoms in total. The van der Waals surface area contributed by atoms with Crippen molar-refractivity contribution in [1.29, 1.82) is 0 Å². The molecule has 0 saturated carbocycles. The summed E-state index contributed by atoms with van der Waals surface area (Å²) in [7, 11) is 1.77. The summed E-state index contributed by atoms with van der Waals surface area (Å²) in [6.45, 7) is 3.11. The molecule has 0 radical (unpaired) electrons. The van der Waals surface area contributed by atoms with Gasteiger partial charge in [-0.1, -0.05) is 0 Å². The van der Waals surface area contributed by atoms with E-state index in [9.17, 15) is 5.11 Å². The van der Waals surface area contributed by atoms with Crippen LogP contribution >= 0.6 is 0 Å². The molecule has 1 fully saturated rings. The van der Waals surface area contributed by atoms with Crippen LogP contribution in [0.1, 0.15) is 6.42 Å².